The van der Waals surface area contributed by atoms with Gasteiger partial charge in [0.25, 0.3) is 0 Å². The highest BCUT2D eigenvalue weighted by molar-refractivity contribution is 5.38. The van der Waals surface area contributed by atoms with Crippen LogP contribution < -0.4 is 15.0 Å². The van der Waals surface area contributed by atoms with Crippen LogP contribution in [0.4, 0.5) is 5.82 Å². The van der Waals surface area contributed by atoms with Crippen LogP contribution in [0.5, 0.6) is 6.01 Å². The number of ether oxygens (including phenoxy) is 1. The summed E-state index contributed by atoms with van der Waals surface area (Å²) in [5.74, 6) is 0.879. The van der Waals surface area contributed by atoms with Crippen molar-refractivity contribution in [3.63, 3.8) is 0 Å². The third-order valence-corrected chi connectivity index (χ3v) is 2.38. The SMILES string of the molecule is OCCOc1nccc(N2CCNCC2)n1. The molecule has 0 radical (unpaired) electrons. The quantitative estimate of drug-likeness (QED) is 0.702. The van der Waals surface area contributed by atoms with Crippen molar-refractivity contribution in [1.29, 1.82) is 0 Å². The van der Waals surface area contributed by atoms with Gasteiger partial charge >= 0.3 is 6.01 Å². The van der Waals surface area contributed by atoms with Crippen molar-refractivity contribution < 1.29 is 9.84 Å². The zero-order valence-electron chi connectivity index (χ0n) is 9.09. The lowest BCUT2D eigenvalue weighted by Gasteiger charge is -2.28. The first kappa shape index (κ1) is 11.1. The molecule has 2 N–H and O–H groups in total. The molecular formula is C10H16N4O2. The molecule has 0 spiro atoms. The monoisotopic (exact) mass is 224 g/mol. The van der Waals surface area contributed by atoms with Gasteiger partial charge in [0.05, 0.1) is 6.61 Å². The molecule has 6 heteroatoms. The predicted octanol–water partition coefficient (Wildman–Crippen LogP) is -0.743. The standard InChI is InChI=1S/C10H16N4O2/c15-7-8-16-10-12-2-1-9(13-10)14-5-3-11-4-6-14/h1-2,11,15H,3-8H2. The third kappa shape index (κ3) is 2.80. The van der Waals surface area contributed by atoms with E-state index in [1.165, 1.54) is 0 Å². The summed E-state index contributed by atoms with van der Waals surface area (Å²) in [7, 11) is 0. The van der Waals surface area contributed by atoms with E-state index in [2.05, 4.69) is 20.2 Å². The van der Waals surface area contributed by atoms with Gasteiger partial charge in [-0.2, -0.15) is 4.98 Å². The Morgan fingerprint density at radius 1 is 1.44 bits per heavy atom. The maximum atomic E-state index is 8.65. The number of nitrogens with zero attached hydrogens (tertiary/aromatic N) is 3. The fourth-order valence-corrected chi connectivity index (χ4v) is 1.61. The van der Waals surface area contributed by atoms with E-state index in [1.54, 1.807) is 6.20 Å². The Kier molecular flexibility index (Phi) is 3.90. The fraction of sp³-hybridized carbons (Fsp3) is 0.600. The van der Waals surface area contributed by atoms with Crippen LogP contribution in [0, 0.1) is 0 Å². The van der Waals surface area contributed by atoms with Crippen molar-refractivity contribution in [2.24, 2.45) is 0 Å². The summed E-state index contributed by atoms with van der Waals surface area (Å²) in [5, 5.41) is 11.9. The molecule has 0 saturated carbocycles. The molecule has 1 aliphatic heterocycles. The van der Waals surface area contributed by atoms with Crippen molar-refractivity contribution in [3.8, 4) is 6.01 Å². The smallest absolute Gasteiger partial charge is 0.318 e. The van der Waals surface area contributed by atoms with Crippen molar-refractivity contribution in [1.82, 2.24) is 15.3 Å². The molecule has 0 aliphatic carbocycles. The Bertz CT molecular complexity index is 328. The van der Waals surface area contributed by atoms with Gasteiger partial charge in [-0.3, -0.25) is 0 Å². The molecule has 0 aromatic carbocycles. The minimum Gasteiger partial charge on any atom is -0.461 e. The number of aliphatic hydroxyl groups is 1. The first-order chi connectivity index (χ1) is 7.90. The lowest BCUT2D eigenvalue weighted by molar-refractivity contribution is 0.191. The highest BCUT2D eigenvalue weighted by atomic mass is 16.5. The normalized spacial score (nSPS) is 16.2. The van der Waals surface area contributed by atoms with E-state index in [1.807, 2.05) is 6.07 Å². The van der Waals surface area contributed by atoms with Crippen LogP contribution in [0.15, 0.2) is 12.3 Å². The van der Waals surface area contributed by atoms with E-state index < -0.39 is 0 Å². The van der Waals surface area contributed by atoms with Gasteiger partial charge in [0.15, 0.2) is 0 Å². The lowest BCUT2D eigenvalue weighted by atomic mass is 10.3. The topological polar surface area (TPSA) is 70.5 Å². The summed E-state index contributed by atoms with van der Waals surface area (Å²) < 4.78 is 5.17. The third-order valence-electron chi connectivity index (χ3n) is 2.38. The lowest BCUT2D eigenvalue weighted by Crippen LogP contribution is -2.43. The summed E-state index contributed by atoms with van der Waals surface area (Å²) in [6.45, 7) is 4.02. The van der Waals surface area contributed by atoms with Gasteiger partial charge in [-0.05, 0) is 6.07 Å². The molecule has 0 unspecified atom stereocenters. The van der Waals surface area contributed by atoms with Crippen molar-refractivity contribution in [2.75, 3.05) is 44.3 Å². The second-order valence-electron chi connectivity index (χ2n) is 3.51. The Balaban J connectivity index is 2.02. The molecule has 0 amide bonds. The van der Waals surface area contributed by atoms with Gasteiger partial charge in [0.2, 0.25) is 0 Å². The van der Waals surface area contributed by atoms with Gasteiger partial charge in [0.1, 0.15) is 12.4 Å². The van der Waals surface area contributed by atoms with Crippen LogP contribution in [-0.4, -0.2) is 54.5 Å². The average Bonchev–Trinajstić information content (AvgIpc) is 2.38. The molecule has 0 atom stereocenters. The maximum absolute atomic E-state index is 8.65. The largest absolute Gasteiger partial charge is 0.461 e. The number of hydrogen-bond donors (Lipinski definition) is 2. The van der Waals surface area contributed by atoms with Crippen molar-refractivity contribution in [3.05, 3.63) is 12.3 Å². The van der Waals surface area contributed by atoms with Crippen LogP contribution in [0.2, 0.25) is 0 Å². The zero-order chi connectivity index (χ0) is 11.2. The average molecular weight is 224 g/mol. The Morgan fingerprint density at radius 3 is 3.00 bits per heavy atom. The second kappa shape index (κ2) is 5.62. The highest BCUT2D eigenvalue weighted by Gasteiger charge is 2.12. The molecule has 88 valence electrons. The zero-order valence-corrected chi connectivity index (χ0v) is 9.09. The Hall–Kier alpha value is -1.40. The number of anilines is 1. The van der Waals surface area contributed by atoms with Crippen LogP contribution in [0.1, 0.15) is 0 Å². The van der Waals surface area contributed by atoms with Crippen molar-refractivity contribution in [2.45, 2.75) is 0 Å². The first-order valence-electron chi connectivity index (χ1n) is 5.42. The molecule has 1 aromatic rings. The first-order valence-corrected chi connectivity index (χ1v) is 5.42. The van der Waals surface area contributed by atoms with Gasteiger partial charge < -0.3 is 20.1 Å². The molecule has 1 fully saturated rings. The number of piperazine rings is 1. The highest BCUT2D eigenvalue weighted by Crippen LogP contribution is 2.13. The molecule has 2 heterocycles. The van der Waals surface area contributed by atoms with Crippen LogP contribution in [0.3, 0.4) is 0 Å². The molecule has 6 nitrogen and oxygen atoms in total. The number of hydrogen-bond acceptors (Lipinski definition) is 6. The van der Waals surface area contributed by atoms with Crippen LogP contribution >= 0.6 is 0 Å². The van der Waals surface area contributed by atoms with Crippen molar-refractivity contribution >= 4 is 5.82 Å². The summed E-state index contributed by atoms with van der Waals surface area (Å²) in [4.78, 5) is 10.5. The number of aromatic nitrogens is 2. The predicted molar refractivity (Wildman–Crippen MR) is 59.7 cm³/mol. The molecule has 1 aromatic heterocycles. The Labute approximate surface area is 94.3 Å². The molecular weight excluding hydrogens is 208 g/mol. The van der Waals surface area contributed by atoms with E-state index in [0.717, 1.165) is 32.0 Å². The van der Waals surface area contributed by atoms with E-state index >= 15 is 0 Å². The molecule has 0 bridgehead atoms. The van der Waals surface area contributed by atoms with Crippen LogP contribution in [0.25, 0.3) is 0 Å². The summed E-state index contributed by atoms with van der Waals surface area (Å²) in [6.07, 6.45) is 1.68. The van der Waals surface area contributed by atoms with E-state index in [-0.39, 0.29) is 13.2 Å². The summed E-state index contributed by atoms with van der Waals surface area (Å²) >= 11 is 0. The number of rotatable bonds is 4. The van der Waals surface area contributed by atoms with E-state index in [0.29, 0.717) is 6.01 Å². The molecule has 2 rings (SSSR count). The van der Waals surface area contributed by atoms with Gasteiger partial charge in [-0.25, -0.2) is 4.98 Å². The second-order valence-corrected chi connectivity index (χ2v) is 3.51. The number of nitrogens with one attached hydrogen (secondary N) is 1. The molecule has 16 heavy (non-hydrogen) atoms. The van der Waals surface area contributed by atoms with Crippen LogP contribution in [-0.2, 0) is 0 Å². The van der Waals surface area contributed by atoms with Gasteiger partial charge in [-0.15, -0.1) is 0 Å². The van der Waals surface area contributed by atoms with E-state index in [4.69, 9.17) is 9.84 Å². The van der Waals surface area contributed by atoms with Gasteiger partial charge in [-0.1, -0.05) is 0 Å². The summed E-state index contributed by atoms with van der Waals surface area (Å²) in [6, 6.07) is 2.20. The Morgan fingerprint density at radius 2 is 2.25 bits per heavy atom. The number of aliphatic hydroxyl groups excluding tert-OH is 1. The van der Waals surface area contributed by atoms with E-state index in [9.17, 15) is 0 Å². The minimum absolute atomic E-state index is 0.0266. The fourth-order valence-electron chi connectivity index (χ4n) is 1.61. The molecule has 1 aliphatic rings. The maximum Gasteiger partial charge on any atom is 0.318 e. The minimum atomic E-state index is -0.0266. The van der Waals surface area contributed by atoms with Gasteiger partial charge in [0, 0.05) is 32.4 Å². The summed E-state index contributed by atoms with van der Waals surface area (Å²) in [5.41, 5.74) is 0. The molecule has 1 saturated heterocycles.